The van der Waals surface area contributed by atoms with Gasteiger partial charge >= 0.3 is 18.9 Å². The van der Waals surface area contributed by atoms with Gasteiger partial charge in [0, 0.05) is 24.3 Å². The fourth-order valence-electron chi connectivity index (χ4n) is 4.80. The summed E-state index contributed by atoms with van der Waals surface area (Å²) < 4.78 is 5.44. The third-order valence-electron chi connectivity index (χ3n) is 6.97. The minimum Gasteiger partial charge on any atom is -0.548 e. The van der Waals surface area contributed by atoms with E-state index in [1.807, 2.05) is 86.0 Å². The molecule has 0 aromatic heterocycles. The van der Waals surface area contributed by atoms with Gasteiger partial charge in [-0.05, 0) is 89.6 Å². The van der Waals surface area contributed by atoms with Crippen molar-refractivity contribution >= 4 is 29.3 Å². The molecule has 0 saturated carbocycles. The number of benzene rings is 4. The van der Waals surface area contributed by atoms with Crippen LogP contribution in [0.5, 0.6) is 5.75 Å². The number of carboxylic acids is 1. The molecule has 1 unspecified atom stereocenters. The third-order valence-corrected chi connectivity index (χ3v) is 7.61. The molecule has 0 aliphatic heterocycles. The molecule has 6 nitrogen and oxygen atoms in total. The standard InChI is InChI=1S/C34H36N2O4S.Li/c1-24-10-7-8-15-29(24)31-21-26(16-17-30(31)33(37)35-32(34(38)39)18-19-41-3)23-36(27-12-5-4-6-13-27)22-25-11-9-14-28(20-25)40-2;/h4-17,20-21,32H,18-19,22-23H2,1-3H3,(H,35,37)(H,38,39);/q;+1/p-1. The summed E-state index contributed by atoms with van der Waals surface area (Å²) in [7, 11) is 1.66. The molecule has 0 fully saturated rings. The van der Waals surface area contributed by atoms with E-state index in [2.05, 4.69) is 28.4 Å². The Morgan fingerprint density at radius 3 is 2.24 bits per heavy atom. The number of hydrogen-bond acceptors (Lipinski definition) is 6. The summed E-state index contributed by atoms with van der Waals surface area (Å²) in [6.07, 6.45) is 2.19. The summed E-state index contributed by atoms with van der Waals surface area (Å²) in [6.45, 7) is 3.26. The minimum absolute atomic E-state index is 0. The van der Waals surface area contributed by atoms with E-state index in [1.165, 1.54) is 11.8 Å². The van der Waals surface area contributed by atoms with Crippen molar-refractivity contribution in [1.82, 2.24) is 5.32 Å². The van der Waals surface area contributed by atoms with Crippen molar-refractivity contribution in [3.63, 3.8) is 0 Å². The second kappa shape index (κ2) is 16.1. The Morgan fingerprint density at radius 2 is 1.57 bits per heavy atom. The Labute approximate surface area is 264 Å². The van der Waals surface area contributed by atoms with Crippen LogP contribution in [-0.4, -0.2) is 37.0 Å². The van der Waals surface area contributed by atoms with Crippen molar-refractivity contribution in [3.8, 4) is 16.9 Å². The molecule has 8 heteroatoms. The van der Waals surface area contributed by atoms with E-state index in [-0.39, 0.29) is 18.9 Å². The van der Waals surface area contributed by atoms with E-state index in [4.69, 9.17) is 4.74 Å². The van der Waals surface area contributed by atoms with Crippen LogP contribution in [0.1, 0.15) is 33.5 Å². The second-order valence-corrected chi connectivity index (χ2v) is 10.9. The zero-order valence-corrected chi connectivity index (χ0v) is 25.4. The van der Waals surface area contributed by atoms with Gasteiger partial charge in [0.25, 0.3) is 5.91 Å². The van der Waals surface area contributed by atoms with Crippen LogP contribution in [0.2, 0.25) is 0 Å². The molecule has 4 aromatic carbocycles. The zero-order valence-electron chi connectivity index (χ0n) is 24.6. The molecule has 1 N–H and O–H groups in total. The van der Waals surface area contributed by atoms with Gasteiger partial charge in [-0.3, -0.25) is 4.79 Å². The van der Waals surface area contributed by atoms with E-state index < -0.39 is 17.9 Å². The summed E-state index contributed by atoms with van der Waals surface area (Å²) in [5.41, 5.74) is 6.33. The van der Waals surface area contributed by atoms with Crippen LogP contribution < -0.4 is 38.9 Å². The number of carbonyl (C=O) groups excluding carboxylic acids is 2. The van der Waals surface area contributed by atoms with Gasteiger partial charge in [-0.1, -0.05) is 60.7 Å². The van der Waals surface area contributed by atoms with Crippen molar-refractivity contribution in [2.45, 2.75) is 32.5 Å². The predicted octanol–water partition coefficient (Wildman–Crippen LogP) is 2.48. The number of nitrogens with one attached hydrogen (secondary N) is 1. The first-order valence-electron chi connectivity index (χ1n) is 13.5. The molecule has 0 aliphatic carbocycles. The first kappa shape index (κ1) is 32.9. The maximum atomic E-state index is 13.5. The number of ether oxygens (including phenoxy) is 1. The number of para-hydroxylation sites is 1. The van der Waals surface area contributed by atoms with Gasteiger partial charge in [0.05, 0.1) is 19.1 Å². The first-order valence-corrected chi connectivity index (χ1v) is 14.9. The third kappa shape index (κ3) is 8.69. The van der Waals surface area contributed by atoms with Gasteiger partial charge in [-0.15, -0.1) is 0 Å². The summed E-state index contributed by atoms with van der Waals surface area (Å²) in [5.74, 6) is -0.301. The van der Waals surface area contributed by atoms with Crippen LogP contribution in [0.4, 0.5) is 5.69 Å². The topological polar surface area (TPSA) is 81.7 Å². The maximum absolute atomic E-state index is 13.5. The van der Waals surface area contributed by atoms with Crippen LogP contribution in [0.15, 0.2) is 97.1 Å². The molecule has 42 heavy (non-hydrogen) atoms. The van der Waals surface area contributed by atoms with Crippen LogP contribution in [-0.2, 0) is 17.9 Å². The van der Waals surface area contributed by atoms with Gasteiger partial charge in [0.2, 0.25) is 0 Å². The van der Waals surface area contributed by atoms with Crippen LogP contribution >= 0.6 is 11.8 Å². The average molecular weight is 575 g/mol. The zero-order chi connectivity index (χ0) is 29.2. The smallest absolute Gasteiger partial charge is 0.548 e. The molecule has 0 heterocycles. The molecule has 1 amide bonds. The van der Waals surface area contributed by atoms with Crippen molar-refractivity contribution in [1.29, 1.82) is 0 Å². The van der Waals surface area contributed by atoms with E-state index in [9.17, 15) is 14.7 Å². The molecule has 0 saturated heterocycles. The first-order chi connectivity index (χ1) is 19.9. The predicted molar refractivity (Wildman–Crippen MR) is 165 cm³/mol. The molecule has 0 spiro atoms. The summed E-state index contributed by atoms with van der Waals surface area (Å²) in [6, 6.07) is 30.8. The summed E-state index contributed by atoms with van der Waals surface area (Å²) in [5, 5.41) is 14.4. The van der Waals surface area contributed by atoms with E-state index >= 15 is 0 Å². The van der Waals surface area contributed by atoms with Gasteiger partial charge in [-0.25, -0.2) is 0 Å². The van der Waals surface area contributed by atoms with Crippen molar-refractivity contribution < 1.29 is 38.3 Å². The number of nitrogens with zero attached hydrogens (tertiary/aromatic N) is 1. The molecular weight excluding hydrogens is 539 g/mol. The van der Waals surface area contributed by atoms with E-state index in [0.717, 1.165) is 39.3 Å². The van der Waals surface area contributed by atoms with Crippen LogP contribution in [0, 0.1) is 6.92 Å². The molecule has 0 bridgehead atoms. The normalized spacial score (nSPS) is 11.2. The Hall–Kier alpha value is -3.63. The number of hydrogen-bond donors (Lipinski definition) is 1. The SMILES string of the molecule is COc1cccc(CN(Cc2ccc(C(=O)NC(CCSC)C(=O)[O-])c(-c3ccccc3C)c2)c2ccccc2)c1.[Li+]. The van der Waals surface area contributed by atoms with Crippen molar-refractivity contribution in [2.75, 3.05) is 24.0 Å². The van der Waals surface area contributed by atoms with Crippen molar-refractivity contribution in [2.24, 2.45) is 0 Å². The number of aliphatic carboxylic acids is 1. The minimum atomic E-state index is -1.28. The van der Waals surface area contributed by atoms with E-state index in [1.54, 1.807) is 13.2 Å². The quantitative estimate of drug-likeness (QED) is 0.247. The number of amides is 1. The fraction of sp³-hybridized carbons (Fsp3) is 0.235. The Balaban J connectivity index is 0.00000484. The molecule has 212 valence electrons. The average Bonchev–Trinajstić information content (AvgIpc) is 2.99. The number of thioether (sulfide) groups is 1. The number of carboxylic acid groups (broad SMARTS) is 1. The van der Waals surface area contributed by atoms with Gasteiger partial charge in [0.15, 0.2) is 0 Å². The van der Waals surface area contributed by atoms with Gasteiger partial charge in [0.1, 0.15) is 5.75 Å². The molecule has 0 radical (unpaired) electrons. The summed E-state index contributed by atoms with van der Waals surface area (Å²) in [4.78, 5) is 27.5. The number of methoxy groups -OCH3 is 1. The number of carbonyl (C=O) groups is 2. The largest absolute Gasteiger partial charge is 1.00 e. The Bertz CT molecular complexity index is 1480. The Morgan fingerprint density at radius 1 is 0.881 bits per heavy atom. The summed E-state index contributed by atoms with van der Waals surface area (Å²) >= 11 is 1.53. The fourth-order valence-corrected chi connectivity index (χ4v) is 5.27. The molecule has 4 aromatic rings. The monoisotopic (exact) mass is 574 g/mol. The number of rotatable bonds is 13. The maximum Gasteiger partial charge on any atom is 1.00 e. The Kier molecular flexibility index (Phi) is 12.6. The number of anilines is 1. The van der Waals surface area contributed by atoms with Crippen LogP contribution in [0.3, 0.4) is 0 Å². The van der Waals surface area contributed by atoms with Gasteiger partial charge < -0.3 is 24.9 Å². The van der Waals surface area contributed by atoms with E-state index in [0.29, 0.717) is 30.8 Å². The van der Waals surface area contributed by atoms with Crippen molar-refractivity contribution in [3.05, 3.63) is 119 Å². The molecule has 0 aliphatic rings. The second-order valence-electron chi connectivity index (χ2n) is 9.86. The molecule has 4 rings (SSSR count). The van der Waals surface area contributed by atoms with Gasteiger partial charge in [-0.2, -0.15) is 11.8 Å². The number of aryl methyl sites for hydroxylation is 1. The molecule has 1 atom stereocenters. The van der Waals surface area contributed by atoms with Crippen LogP contribution in [0.25, 0.3) is 11.1 Å². The molecular formula is C34H35LiN2O4S.